The zero-order valence-electron chi connectivity index (χ0n) is 14.3. The minimum Gasteiger partial charge on any atom is -0.496 e. The van der Waals surface area contributed by atoms with E-state index in [2.05, 4.69) is 15.4 Å². The molecule has 0 spiro atoms. The van der Waals surface area contributed by atoms with Gasteiger partial charge in [0.2, 0.25) is 5.91 Å². The van der Waals surface area contributed by atoms with Gasteiger partial charge in [-0.25, -0.2) is 4.39 Å². The predicted octanol–water partition coefficient (Wildman–Crippen LogP) is 0.618. The monoisotopic (exact) mass is 342 g/mol. The Kier molecular flexibility index (Phi) is 7.60. The number of halogens is 1. The zero-order chi connectivity index (χ0) is 18.2. The molecule has 1 atom stereocenters. The first-order valence-corrected chi connectivity index (χ1v) is 7.28. The average Bonchev–Trinajstić information content (AvgIpc) is 2.58. The van der Waals surface area contributed by atoms with Crippen molar-refractivity contribution in [2.45, 2.75) is 19.0 Å². The molecule has 24 heavy (non-hydrogen) atoms. The van der Waals surface area contributed by atoms with Crippen LogP contribution in [0.25, 0.3) is 0 Å². The molecule has 8 heteroatoms. The predicted molar refractivity (Wildman–Crippen MR) is 85.1 cm³/mol. The number of esters is 1. The summed E-state index contributed by atoms with van der Waals surface area (Å²) in [5.41, 5.74) is -0.942. The lowest BCUT2D eigenvalue weighted by Crippen LogP contribution is -2.58. The van der Waals surface area contributed by atoms with Crippen molar-refractivity contribution in [1.29, 1.82) is 0 Å². The van der Waals surface area contributed by atoms with Crippen LogP contribution in [0.4, 0.5) is 4.39 Å². The summed E-state index contributed by atoms with van der Waals surface area (Å²) in [5, 5.41) is 5.42. The quantitative estimate of drug-likeness (QED) is 0.640. The Balaban J connectivity index is 2.80. The second-order valence-electron chi connectivity index (χ2n) is 5.30. The van der Waals surface area contributed by atoms with Crippen LogP contribution in [0.5, 0.6) is 5.75 Å². The highest BCUT2D eigenvalue weighted by Gasteiger charge is 2.33. The minimum atomic E-state index is -1.18. The van der Waals surface area contributed by atoms with Crippen LogP contribution >= 0.6 is 0 Å². The second-order valence-corrected chi connectivity index (χ2v) is 5.30. The summed E-state index contributed by atoms with van der Waals surface area (Å²) >= 11 is 0. The standard InChI is InChI=1S/C16H23FN2O5/c1-16(10-22-2,19-9-14(20)24-4)15(21)18-8-11-12(17)6-5-7-13(11)23-3/h5-7,19H,8-10H2,1-4H3,(H,18,21). The number of methoxy groups -OCH3 is 3. The number of nitrogens with one attached hydrogen (secondary N) is 2. The van der Waals surface area contributed by atoms with Crippen LogP contribution < -0.4 is 15.4 Å². The highest BCUT2D eigenvalue weighted by Crippen LogP contribution is 2.21. The number of hydrogen-bond acceptors (Lipinski definition) is 6. The lowest BCUT2D eigenvalue weighted by atomic mass is 10.0. The summed E-state index contributed by atoms with van der Waals surface area (Å²) in [6.07, 6.45) is 0. The topological polar surface area (TPSA) is 85.9 Å². The SMILES string of the molecule is COCC(C)(NCC(=O)OC)C(=O)NCc1c(F)cccc1OC. The Morgan fingerprint density at radius 1 is 1.25 bits per heavy atom. The van der Waals surface area contributed by atoms with E-state index in [0.29, 0.717) is 5.75 Å². The van der Waals surface area contributed by atoms with Crippen LogP contribution in [0, 0.1) is 5.82 Å². The molecule has 0 aliphatic rings. The van der Waals surface area contributed by atoms with E-state index in [1.165, 1.54) is 33.5 Å². The molecule has 0 saturated heterocycles. The lowest BCUT2D eigenvalue weighted by Gasteiger charge is -2.28. The molecule has 0 fully saturated rings. The summed E-state index contributed by atoms with van der Waals surface area (Å²) in [6, 6.07) is 4.41. The van der Waals surface area contributed by atoms with E-state index in [9.17, 15) is 14.0 Å². The molecule has 2 N–H and O–H groups in total. The first-order chi connectivity index (χ1) is 11.4. The van der Waals surface area contributed by atoms with Crippen molar-refractivity contribution in [3.8, 4) is 5.75 Å². The van der Waals surface area contributed by atoms with Gasteiger partial charge < -0.3 is 19.5 Å². The van der Waals surface area contributed by atoms with E-state index in [4.69, 9.17) is 9.47 Å². The fraction of sp³-hybridized carbons (Fsp3) is 0.500. The van der Waals surface area contributed by atoms with Gasteiger partial charge in [-0.2, -0.15) is 0 Å². The zero-order valence-corrected chi connectivity index (χ0v) is 14.3. The van der Waals surface area contributed by atoms with E-state index >= 15 is 0 Å². The fourth-order valence-electron chi connectivity index (χ4n) is 2.09. The summed E-state index contributed by atoms with van der Waals surface area (Å²) in [5.74, 6) is -1.10. The Morgan fingerprint density at radius 3 is 2.54 bits per heavy atom. The van der Waals surface area contributed by atoms with E-state index in [-0.39, 0.29) is 25.3 Å². The highest BCUT2D eigenvalue weighted by atomic mass is 19.1. The van der Waals surface area contributed by atoms with Gasteiger partial charge in [0.25, 0.3) is 0 Å². The molecule has 0 radical (unpaired) electrons. The van der Waals surface area contributed by atoms with Crippen LogP contribution in [0.2, 0.25) is 0 Å². The van der Waals surface area contributed by atoms with Gasteiger partial charge >= 0.3 is 5.97 Å². The number of ether oxygens (including phenoxy) is 3. The highest BCUT2D eigenvalue weighted by molar-refractivity contribution is 5.86. The molecule has 134 valence electrons. The normalized spacial score (nSPS) is 13.0. The van der Waals surface area contributed by atoms with E-state index in [1.54, 1.807) is 13.0 Å². The van der Waals surface area contributed by atoms with E-state index < -0.39 is 23.2 Å². The summed E-state index contributed by atoms with van der Waals surface area (Å²) in [4.78, 5) is 23.7. The van der Waals surface area contributed by atoms with Gasteiger partial charge in [0.15, 0.2) is 0 Å². The number of carbonyl (C=O) groups is 2. The van der Waals surface area contributed by atoms with Crippen LogP contribution in [0.1, 0.15) is 12.5 Å². The molecular formula is C16H23FN2O5. The number of hydrogen-bond donors (Lipinski definition) is 2. The van der Waals surface area contributed by atoms with Gasteiger partial charge in [-0.3, -0.25) is 14.9 Å². The Labute approximate surface area is 140 Å². The van der Waals surface area contributed by atoms with E-state index in [0.717, 1.165) is 0 Å². The Morgan fingerprint density at radius 2 is 1.96 bits per heavy atom. The number of benzene rings is 1. The first-order valence-electron chi connectivity index (χ1n) is 7.28. The maximum atomic E-state index is 13.9. The van der Waals surface area contributed by atoms with Crippen LogP contribution in [0.15, 0.2) is 18.2 Å². The molecule has 0 saturated carbocycles. The molecule has 0 aliphatic heterocycles. The molecule has 0 aromatic heterocycles. The van der Waals surface area contributed by atoms with Crippen molar-refractivity contribution in [3.05, 3.63) is 29.6 Å². The van der Waals surface area contributed by atoms with Gasteiger partial charge in [-0.15, -0.1) is 0 Å². The number of amides is 1. The minimum absolute atomic E-state index is 0.0181. The first kappa shape index (κ1) is 19.9. The van der Waals surface area contributed by atoms with Gasteiger partial charge in [0, 0.05) is 19.2 Å². The third-order valence-corrected chi connectivity index (χ3v) is 3.51. The summed E-state index contributed by atoms with van der Waals surface area (Å²) in [7, 11) is 4.11. The molecule has 0 bridgehead atoms. The van der Waals surface area contributed by atoms with Crippen LogP contribution in [-0.2, 0) is 25.6 Å². The third-order valence-electron chi connectivity index (χ3n) is 3.51. The Hall–Kier alpha value is -2.19. The largest absolute Gasteiger partial charge is 0.496 e. The lowest BCUT2D eigenvalue weighted by molar-refractivity contribution is -0.140. The molecule has 0 aliphatic carbocycles. The average molecular weight is 342 g/mol. The van der Waals surface area contributed by atoms with Gasteiger partial charge in [0.1, 0.15) is 17.1 Å². The van der Waals surface area contributed by atoms with Gasteiger partial charge in [-0.05, 0) is 19.1 Å². The smallest absolute Gasteiger partial charge is 0.319 e. The Bertz CT molecular complexity index is 582. The molecule has 1 unspecified atom stereocenters. The number of carbonyl (C=O) groups excluding carboxylic acids is 2. The molecule has 7 nitrogen and oxygen atoms in total. The molecule has 1 amide bonds. The summed E-state index contributed by atoms with van der Waals surface area (Å²) < 4.78 is 28.6. The fourth-order valence-corrected chi connectivity index (χ4v) is 2.09. The van der Waals surface area contributed by atoms with Crippen molar-refractivity contribution in [2.75, 3.05) is 34.5 Å². The molecule has 0 heterocycles. The second kappa shape index (κ2) is 9.19. The molecule has 1 aromatic carbocycles. The van der Waals surface area contributed by atoms with Gasteiger partial charge in [0.05, 0.1) is 27.4 Å². The summed E-state index contributed by atoms with van der Waals surface area (Å²) in [6.45, 7) is 1.37. The van der Waals surface area contributed by atoms with Crippen LogP contribution in [0.3, 0.4) is 0 Å². The van der Waals surface area contributed by atoms with E-state index in [1.807, 2.05) is 0 Å². The molecular weight excluding hydrogens is 319 g/mol. The van der Waals surface area contributed by atoms with Crippen molar-refractivity contribution in [2.24, 2.45) is 0 Å². The maximum absolute atomic E-state index is 13.9. The maximum Gasteiger partial charge on any atom is 0.319 e. The van der Waals surface area contributed by atoms with Crippen molar-refractivity contribution in [3.63, 3.8) is 0 Å². The van der Waals surface area contributed by atoms with Gasteiger partial charge in [-0.1, -0.05) is 6.07 Å². The van der Waals surface area contributed by atoms with Crippen molar-refractivity contribution in [1.82, 2.24) is 10.6 Å². The van der Waals surface area contributed by atoms with Crippen molar-refractivity contribution < 1.29 is 28.2 Å². The van der Waals surface area contributed by atoms with Crippen molar-refractivity contribution >= 4 is 11.9 Å². The van der Waals surface area contributed by atoms with Crippen LogP contribution in [-0.4, -0.2) is 51.9 Å². The third kappa shape index (κ3) is 5.17. The molecule has 1 aromatic rings. The number of rotatable bonds is 9. The molecule has 1 rings (SSSR count).